The van der Waals surface area contributed by atoms with Gasteiger partial charge in [0.25, 0.3) is 5.92 Å². The van der Waals surface area contributed by atoms with Crippen molar-refractivity contribution in [3.8, 4) is 11.1 Å². The predicted molar refractivity (Wildman–Crippen MR) is 119 cm³/mol. The number of halogens is 2. The average Bonchev–Trinajstić information content (AvgIpc) is 3.22. The minimum Gasteiger partial charge on any atom is -0.481 e. The van der Waals surface area contributed by atoms with Gasteiger partial charge in [0, 0.05) is 24.9 Å². The van der Waals surface area contributed by atoms with E-state index in [2.05, 4.69) is 10.6 Å². The van der Waals surface area contributed by atoms with Crippen LogP contribution in [0, 0.1) is 11.8 Å². The lowest BCUT2D eigenvalue weighted by Gasteiger charge is -2.17. The van der Waals surface area contributed by atoms with Crippen molar-refractivity contribution < 1.29 is 33.0 Å². The molecule has 34 heavy (non-hydrogen) atoms. The standard InChI is InChI=1S/C25H26F2N2O5/c1-14(10-11-21(30)28-12-20-22(23(31)32)25(20,26)27)29-24(33)34-13-19-17-8-4-2-6-15(17)16-7-3-5-9-18(16)19/h2-9,14,19-20,22H,10-13H2,1H3,(H,28,30)(H,29,33)(H,31,32). The maximum Gasteiger partial charge on any atom is 0.407 e. The fraction of sp³-hybridized carbons (Fsp3) is 0.400. The molecule has 2 aromatic carbocycles. The summed E-state index contributed by atoms with van der Waals surface area (Å²) in [4.78, 5) is 35.0. The van der Waals surface area contributed by atoms with Crippen LogP contribution in [0.1, 0.15) is 36.8 Å². The Labute approximate surface area is 195 Å². The van der Waals surface area contributed by atoms with Crippen molar-refractivity contribution >= 4 is 18.0 Å². The Hall–Kier alpha value is -3.49. The first kappa shape index (κ1) is 23.7. The van der Waals surface area contributed by atoms with E-state index >= 15 is 0 Å². The summed E-state index contributed by atoms with van der Waals surface area (Å²) in [7, 11) is 0. The number of carboxylic acid groups (broad SMARTS) is 1. The highest BCUT2D eigenvalue weighted by Crippen LogP contribution is 2.54. The SMILES string of the molecule is CC(CCC(=O)NCC1C(C(=O)O)C1(F)F)NC(=O)OCC1c2ccccc2-c2ccccc21. The molecular weight excluding hydrogens is 446 g/mol. The van der Waals surface area contributed by atoms with Gasteiger partial charge in [0.05, 0.1) is 5.92 Å². The minimum absolute atomic E-state index is 0.000845. The summed E-state index contributed by atoms with van der Waals surface area (Å²) in [5.74, 6) is -8.53. The number of hydrogen-bond donors (Lipinski definition) is 3. The van der Waals surface area contributed by atoms with Crippen LogP contribution < -0.4 is 10.6 Å². The number of carbonyl (C=O) groups excluding carboxylic acids is 2. The fourth-order valence-corrected chi connectivity index (χ4v) is 4.55. The van der Waals surface area contributed by atoms with Crippen LogP contribution in [0.15, 0.2) is 48.5 Å². The van der Waals surface area contributed by atoms with Gasteiger partial charge in [-0.15, -0.1) is 0 Å². The van der Waals surface area contributed by atoms with E-state index in [0.717, 1.165) is 22.3 Å². The van der Waals surface area contributed by atoms with Gasteiger partial charge in [0.15, 0.2) is 0 Å². The molecule has 0 aliphatic heterocycles. The van der Waals surface area contributed by atoms with Crippen LogP contribution >= 0.6 is 0 Å². The van der Waals surface area contributed by atoms with Crippen molar-refractivity contribution in [3.05, 3.63) is 59.7 Å². The number of benzene rings is 2. The number of aliphatic carboxylic acids is 1. The molecule has 0 heterocycles. The first-order valence-electron chi connectivity index (χ1n) is 11.2. The monoisotopic (exact) mass is 472 g/mol. The van der Waals surface area contributed by atoms with Gasteiger partial charge in [-0.1, -0.05) is 48.5 Å². The van der Waals surface area contributed by atoms with Crippen LogP contribution in [0.5, 0.6) is 0 Å². The molecule has 0 aromatic heterocycles. The third-order valence-electron chi connectivity index (χ3n) is 6.50. The van der Waals surface area contributed by atoms with Crippen molar-refractivity contribution in [2.24, 2.45) is 11.8 Å². The number of fused-ring (bicyclic) bond motifs is 3. The number of hydrogen-bond acceptors (Lipinski definition) is 4. The Kier molecular flexibility index (Phi) is 6.54. The topological polar surface area (TPSA) is 105 Å². The number of rotatable bonds is 9. The zero-order valence-corrected chi connectivity index (χ0v) is 18.6. The van der Waals surface area contributed by atoms with Crippen LogP contribution in [0.3, 0.4) is 0 Å². The number of carbonyl (C=O) groups is 3. The first-order chi connectivity index (χ1) is 16.2. The van der Waals surface area contributed by atoms with Crippen LogP contribution in [-0.4, -0.2) is 48.2 Å². The molecule has 3 atom stereocenters. The molecule has 0 bridgehead atoms. The van der Waals surface area contributed by atoms with E-state index in [4.69, 9.17) is 9.84 Å². The lowest BCUT2D eigenvalue weighted by molar-refractivity contribution is -0.141. The molecule has 2 aromatic rings. The van der Waals surface area contributed by atoms with E-state index in [-0.39, 0.29) is 31.4 Å². The van der Waals surface area contributed by atoms with Crippen LogP contribution in [-0.2, 0) is 14.3 Å². The highest BCUT2D eigenvalue weighted by molar-refractivity contribution is 5.79. The maximum atomic E-state index is 13.4. The van der Waals surface area contributed by atoms with E-state index < -0.39 is 42.3 Å². The quantitative estimate of drug-likeness (QED) is 0.515. The molecule has 9 heteroatoms. The molecule has 0 saturated heterocycles. The number of alkyl halides is 2. The number of carboxylic acids is 1. The van der Waals surface area contributed by atoms with E-state index in [9.17, 15) is 23.2 Å². The second-order valence-corrected chi connectivity index (χ2v) is 8.81. The molecule has 180 valence electrons. The van der Waals surface area contributed by atoms with Gasteiger partial charge in [-0.05, 0) is 35.6 Å². The van der Waals surface area contributed by atoms with Gasteiger partial charge in [-0.3, -0.25) is 9.59 Å². The molecule has 4 rings (SSSR count). The Bertz CT molecular complexity index is 1060. The highest BCUT2D eigenvalue weighted by Gasteiger charge is 2.72. The molecule has 2 aliphatic carbocycles. The Morgan fingerprint density at radius 1 is 1.06 bits per heavy atom. The second-order valence-electron chi connectivity index (χ2n) is 8.81. The summed E-state index contributed by atoms with van der Waals surface area (Å²) >= 11 is 0. The van der Waals surface area contributed by atoms with Gasteiger partial charge in [-0.2, -0.15) is 0 Å². The van der Waals surface area contributed by atoms with E-state index in [0.29, 0.717) is 0 Å². The Morgan fingerprint density at radius 2 is 1.65 bits per heavy atom. The van der Waals surface area contributed by atoms with Gasteiger partial charge in [0.2, 0.25) is 5.91 Å². The summed E-state index contributed by atoms with van der Waals surface area (Å²) in [6, 6.07) is 15.6. The maximum absolute atomic E-state index is 13.4. The summed E-state index contributed by atoms with van der Waals surface area (Å²) in [6.07, 6.45) is -0.322. The molecule has 0 radical (unpaired) electrons. The number of amides is 2. The summed E-state index contributed by atoms with van der Waals surface area (Å²) < 4.78 is 32.2. The minimum atomic E-state index is -3.29. The van der Waals surface area contributed by atoms with Crippen LogP contribution in [0.2, 0.25) is 0 Å². The average molecular weight is 472 g/mol. The third kappa shape index (κ3) is 4.73. The molecule has 1 saturated carbocycles. The van der Waals surface area contributed by atoms with Crippen LogP contribution in [0.25, 0.3) is 11.1 Å². The Morgan fingerprint density at radius 3 is 2.21 bits per heavy atom. The highest BCUT2D eigenvalue weighted by atomic mass is 19.3. The molecule has 3 unspecified atom stereocenters. The predicted octanol–water partition coefficient (Wildman–Crippen LogP) is 3.78. The largest absolute Gasteiger partial charge is 0.481 e. The summed E-state index contributed by atoms with van der Waals surface area (Å²) in [6.45, 7) is 1.49. The smallest absolute Gasteiger partial charge is 0.407 e. The van der Waals surface area contributed by atoms with Crippen molar-refractivity contribution in [1.82, 2.24) is 10.6 Å². The number of ether oxygens (including phenoxy) is 1. The molecule has 0 spiro atoms. The van der Waals surface area contributed by atoms with E-state index in [1.54, 1.807) is 6.92 Å². The second kappa shape index (κ2) is 9.40. The normalized spacial score (nSPS) is 20.6. The van der Waals surface area contributed by atoms with Crippen molar-refractivity contribution in [3.63, 3.8) is 0 Å². The Balaban J connectivity index is 1.20. The lowest BCUT2D eigenvalue weighted by atomic mass is 9.98. The number of alkyl carbamates (subject to hydrolysis) is 1. The molecule has 1 fully saturated rings. The molecule has 3 N–H and O–H groups in total. The summed E-state index contributed by atoms with van der Waals surface area (Å²) in [5.41, 5.74) is 4.47. The van der Waals surface area contributed by atoms with Gasteiger partial charge >= 0.3 is 12.1 Å². The summed E-state index contributed by atoms with van der Waals surface area (Å²) in [5, 5.41) is 13.8. The zero-order valence-electron chi connectivity index (χ0n) is 18.6. The van der Waals surface area contributed by atoms with Gasteiger partial charge in [-0.25, -0.2) is 13.6 Å². The van der Waals surface area contributed by atoms with Crippen molar-refractivity contribution in [1.29, 1.82) is 0 Å². The van der Waals surface area contributed by atoms with Gasteiger partial charge < -0.3 is 20.5 Å². The van der Waals surface area contributed by atoms with E-state index in [1.807, 2.05) is 48.5 Å². The molecule has 7 nitrogen and oxygen atoms in total. The fourth-order valence-electron chi connectivity index (χ4n) is 4.55. The molecule has 2 amide bonds. The van der Waals surface area contributed by atoms with Gasteiger partial charge in [0.1, 0.15) is 12.5 Å². The lowest BCUT2D eigenvalue weighted by Crippen LogP contribution is -2.35. The zero-order chi connectivity index (χ0) is 24.5. The molecule has 2 aliphatic rings. The molecular formula is C25H26F2N2O5. The third-order valence-corrected chi connectivity index (χ3v) is 6.50. The van der Waals surface area contributed by atoms with Crippen molar-refractivity contribution in [2.45, 2.75) is 37.6 Å². The number of nitrogens with one attached hydrogen (secondary N) is 2. The van der Waals surface area contributed by atoms with Crippen LogP contribution in [0.4, 0.5) is 13.6 Å². The first-order valence-corrected chi connectivity index (χ1v) is 11.2. The van der Waals surface area contributed by atoms with E-state index in [1.165, 1.54) is 0 Å². The van der Waals surface area contributed by atoms with Crippen molar-refractivity contribution in [2.75, 3.05) is 13.2 Å².